The summed E-state index contributed by atoms with van der Waals surface area (Å²) in [6.07, 6.45) is 1.90. The Bertz CT molecular complexity index is 178. The van der Waals surface area contributed by atoms with Crippen LogP contribution < -0.4 is 5.32 Å². The molecular weight excluding hydrogens is 220 g/mol. The molecule has 2 nitrogen and oxygen atoms in total. The lowest BCUT2D eigenvalue weighted by molar-refractivity contribution is 0.368. The predicted octanol–water partition coefficient (Wildman–Crippen LogP) is 1.74. The number of nitrogens with zero attached hydrogens (tertiary/aromatic N) is 1. The van der Waals surface area contributed by atoms with Crippen molar-refractivity contribution in [2.45, 2.75) is 0 Å². The first-order chi connectivity index (χ1) is 6.34. The zero-order valence-electron chi connectivity index (χ0n) is 7.49. The normalized spacial score (nSPS) is 17.1. The Morgan fingerprint density at radius 1 is 1.54 bits per heavy atom. The van der Waals surface area contributed by atoms with E-state index in [1.165, 1.54) is 0 Å². The van der Waals surface area contributed by atoms with Gasteiger partial charge in [-0.25, -0.2) is 0 Å². The van der Waals surface area contributed by atoms with Crippen molar-refractivity contribution < 1.29 is 0 Å². The van der Waals surface area contributed by atoms with Gasteiger partial charge in [-0.05, 0) is 10.8 Å². The van der Waals surface area contributed by atoms with Crippen molar-refractivity contribution in [2.75, 3.05) is 31.9 Å². The Morgan fingerprint density at radius 3 is 2.85 bits per heavy atom. The Balaban J connectivity index is 2.17. The van der Waals surface area contributed by atoms with Crippen LogP contribution in [0.25, 0.3) is 0 Å². The van der Waals surface area contributed by atoms with Gasteiger partial charge >= 0.3 is 0 Å². The molecule has 74 valence electrons. The number of nitrogens with one attached hydrogen (secondary N) is 1. The highest BCUT2D eigenvalue weighted by Gasteiger charge is 2.12. The summed E-state index contributed by atoms with van der Waals surface area (Å²) >= 11 is 5.29. The Kier molecular flexibility index (Phi) is 5.86. The molecule has 5 heteroatoms. The molecule has 1 fully saturated rings. The van der Waals surface area contributed by atoms with Crippen LogP contribution in [0, 0.1) is 0 Å². The second kappa shape index (κ2) is 6.70. The van der Waals surface area contributed by atoms with Gasteiger partial charge in [-0.1, -0.05) is 29.1 Å². The van der Waals surface area contributed by atoms with E-state index in [1.807, 2.05) is 6.08 Å². The van der Waals surface area contributed by atoms with Crippen LogP contribution in [0.15, 0.2) is 12.7 Å². The van der Waals surface area contributed by atoms with Gasteiger partial charge in [0, 0.05) is 31.9 Å². The molecule has 0 spiro atoms. The first kappa shape index (κ1) is 11.4. The van der Waals surface area contributed by atoms with Crippen molar-refractivity contribution in [3.8, 4) is 0 Å². The van der Waals surface area contributed by atoms with Crippen LogP contribution in [0.5, 0.6) is 0 Å². The van der Waals surface area contributed by atoms with Crippen LogP contribution in [-0.4, -0.2) is 41.2 Å². The van der Waals surface area contributed by atoms with Crippen molar-refractivity contribution >= 4 is 38.1 Å². The lowest BCUT2D eigenvalue weighted by Crippen LogP contribution is -2.44. The minimum atomic E-state index is 0.955. The van der Waals surface area contributed by atoms with Gasteiger partial charge in [-0.3, -0.25) is 0 Å². The van der Waals surface area contributed by atoms with Crippen molar-refractivity contribution in [1.29, 1.82) is 0 Å². The maximum Gasteiger partial charge on any atom is 0.147 e. The first-order valence-corrected chi connectivity index (χ1v) is 6.97. The molecule has 0 radical (unpaired) electrons. The van der Waals surface area contributed by atoms with Gasteiger partial charge in [0.25, 0.3) is 0 Å². The molecule has 1 heterocycles. The van der Waals surface area contributed by atoms with E-state index in [1.54, 1.807) is 21.6 Å². The van der Waals surface area contributed by atoms with E-state index in [9.17, 15) is 0 Å². The Labute approximate surface area is 92.9 Å². The first-order valence-electron chi connectivity index (χ1n) is 4.24. The van der Waals surface area contributed by atoms with Crippen LogP contribution in [0.2, 0.25) is 0 Å². The SMILES string of the molecule is C=CCSSC(=S)N1CCNCC1. The molecule has 1 rings (SSSR count). The highest BCUT2D eigenvalue weighted by Crippen LogP contribution is 2.24. The number of thiocarbonyl (C=S) groups is 1. The van der Waals surface area contributed by atoms with E-state index in [0.29, 0.717) is 0 Å². The molecule has 0 amide bonds. The summed E-state index contributed by atoms with van der Waals surface area (Å²) in [6.45, 7) is 7.85. The standard InChI is InChI=1S/C8H14N2S3/c1-2-7-12-13-8(11)10-5-3-9-4-6-10/h2,9H,1,3-7H2. The second-order valence-electron chi connectivity index (χ2n) is 2.66. The molecule has 1 aliphatic rings. The molecule has 13 heavy (non-hydrogen) atoms. The van der Waals surface area contributed by atoms with Gasteiger partial charge in [0.2, 0.25) is 0 Å². The van der Waals surface area contributed by atoms with Crippen molar-refractivity contribution in [3.05, 3.63) is 12.7 Å². The van der Waals surface area contributed by atoms with Gasteiger partial charge in [-0.2, -0.15) is 0 Å². The van der Waals surface area contributed by atoms with Crippen molar-refractivity contribution in [3.63, 3.8) is 0 Å². The third-order valence-corrected chi connectivity index (χ3v) is 4.64. The summed E-state index contributed by atoms with van der Waals surface area (Å²) in [4.78, 5) is 2.26. The van der Waals surface area contributed by atoms with Gasteiger partial charge in [0.15, 0.2) is 0 Å². The molecule has 0 bridgehead atoms. The quantitative estimate of drug-likeness (QED) is 0.345. The average molecular weight is 234 g/mol. The zero-order valence-corrected chi connectivity index (χ0v) is 9.94. The van der Waals surface area contributed by atoms with Crippen molar-refractivity contribution in [2.24, 2.45) is 0 Å². The van der Waals surface area contributed by atoms with Gasteiger partial charge in [-0.15, -0.1) is 6.58 Å². The third kappa shape index (κ3) is 4.35. The van der Waals surface area contributed by atoms with Gasteiger partial charge < -0.3 is 10.2 Å². The highest BCUT2D eigenvalue weighted by molar-refractivity contribution is 8.83. The molecule has 0 aromatic carbocycles. The van der Waals surface area contributed by atoms with E-state index < -0.39 is 0 Å². The number of piperazine rings is 1. The number of rotatable bonds is 3. The van der Waals surface area contributed by atoms with E-state index in [0.717, 1.165) is 36.3 Å². The minimum absolute atomic E-state index is 0.955. The van der Waals surface area contributed by atoms with Crippen LogP contribution >= 0.6 is 33.8 Å². The van der Waals surface area contributed by atoms with Crippen LogP contribution in [-0.2, 0) is 0 Å². The fourth-order valence-corrected chi connectivity index (χ4v) is 3.31. The summed E-state index contributed by atoms with van der Waals surface area (Å²) in [7, 11) is 3.43. The van der Waals surface area contributed by atoms with Crippen LogP contribution in [0.1, 0.15) is 0 Å². The molecule has 0 atom stereocenters. The zero-order chi connectivity index (χ0) is 9.52. The monoisotopic (exact) mass is 234 g/mol. The van der Waals surface area contributed by atoms with E-state index in [-0.39, 0.29) is 0 Å². The maximum absolute atomic E-state index is 5.29. The molecule has 0 unspecified atom stereocenters. The summed E-state index contributed by atoms with van der Waals surface area (Å²) < 4.78 is 1.01. The number of hydrogen-bond donors (Lipinski definition) is 1. The predicted molar refractivity (Wildman–Crippen MR) is 67.3 cm³/mol. The van der Waals surface area contributed by atoms with Crippen LogP contribution in [0.4, 0.5) is 0 Å². The number of hydrogen-bond acceptors (Lipinski definition) is 4. The average Bonchev–Trinajstić information content (AvgIpc) is 2.19. The van der Waals surface area contributed by atoms with E-state index in [4.69, 9.17) is 12.2 Å². The summed E-state index contributed by atoms with van der Waals surface area (Å²) in [6, 6.07) is 0. The highest BCUT2D eigenvalue weighted by atomic mass is 33.1. The minimum Gasteiger partial charge on any atom is -0.354 e. The second-order valence-corrected chi connectivity index (χ2v) is 5.63. The van der Waals surface area contributed by atoms with Crippen molar-refractivity contribution in [1.82, 2.24) is 10.2 Å². The van der Waals surface area contributed by atoms with E-state index >= 15 is 0 Å². The van der Waals surface area contributed by atoms with Crippen LogP contribution in [0.3, 0.4) is 0 Å². The Morgan fingerprint density at radius 2 is 2.23 bits per heavy atom. The third-order valence-electron chi connectivity index (χ3n) is 1.69. The largest absolute Gasteiger partial charge is 0.354 e. The molecule has 1 N–H and O–H groups in total. The lowest BCUT2D eigenvalue weighted by atomic mass is 10.4. The molecule has 0 aromatic heterocycles. The van der Waals surface area contributed by atoms with Gasteiger partial charge in [0.1, 0.15) is 4.32 Å². The molecule has 1 saturated heterocycles. The smallest absolute Gasteiger partial charge is 0.147 e. The van der Waals surface area contributed by atoms with Gasteiger partial charge in [0.05, 0.1) is 0 Å². The van der Waals surface area contributed by atoms with E-state index in [2.05, 4.69) is 16.8 Å². The molecule has 0 aliphatic carbocycles. The molecular formula is C8H14N2S3. The topological polar surface area (TPSA) is 15.3 Å². The molecule has 1 aliphatic heterocycles. The maximum atomic E-state index is 5.29. The fraction of sp³-hybridized carbons (Fsp3) is 0.625. The summed E-state index contributed by atoms with van der Waals surface area (Å²) in [5.74, 6) is 0.955. The lowest BCUT2D eigenvalue weighted by Gasteiger charge is -2.28. The molecule has 0 saturated carbocycles. The molecule has 0 aromatic rings. The fourth-order valence-electron chi connectivity index (χ4n) is 1.03. The Hall–Kier alpha value is 0.290. The summed E-state index contributed by atoms with van der Waals surface area (Å²) in [5, 5.41) is 3.30. The summed E-state index contributed by atoms with van der Waals surface area (Å²) in [5.41, 5.74) is 0.